The van der Waals surface area contributed by atoms with Gasteiger partial charge in [-0.2, -0.15) is 0 Å². The Morgan fingerprint density at radius 1 is 0.762 bits per heavy atom. The zero-order chi connectivity index (χ0) is 14.7. The monoisotopic (exact) mass is 293 g/mol. The lowest BCUT2D eigenvalue weighted by Crippen LogP contribution is -2.60. The highest BCUT2D eigenvalue weighted by Crippen LogP contribution is 2.39. The summed E-state index contributed by atoms with van der Waals surface area (Å²) in [5.74, 6) is 1.02. The molecule has 0 radical (unpaired) electrons. The molecule has 1 aliphatic carbocycles. The quantitative estimate of drug-likeness (QED) is 0.792. The summed E-state index contributed by atoms with van der Waals surface area (Å²) < 4.78 is 0. The number of rotatable bonds is 3. The van der Waals surface area contributed by atoms with Crippen LogP contribution >= 0.6 is 0 Å². The summed E-state index contributed by atoms with van der Waals surface area (Å²) in [5, 5.41) is 0. The Bertz CT molecular complexity index is 308. The van der Waals surface area contributed by atoms with Crippen LogP contribution in [0.2, 0.25) is 0 Å². The smallest absolute Gasteiger partial charge is 0.0237 e. The molecule has 0 unspecified atom stereocenters. The molecule has 21 heavy (non-hydrogen) atoms. The predicted molar refractivity (Wildman–Crippen MR) is 89.7 cm³/mol. The summed E-state index contributed by atoms with van der Waals surface area (Å²) in [6.07, 6.45) is 11.8. The minimum absolute atomic E-state index is 0.537. The fourth-order valence-electron chi connectivity index (χ4n) is 4.89. The molecule has 2 saturated heterocycles. The molecule has 2 aliphatic heterocycles. The van der Waals surface area contributed by atoms with Crippen LogP contribution in [-0.2, 0) is 0 Å². The van der Waals surface area contributed by atoms with Crippen molar-refractivity contribution in [1.29, 1.82) is 0 Å². The van der Waals surface area contributed by atoms with Crippen molar-refractivity contribution in [1.82, 2.24) is 14.7 Å². The van der Waals surface area contributed by atoms with Gasteiger partial charge in [0.15, 0.2) is 0 Å². The van der Waals surface area contributed by atoms with Crippen molar-refractivity contribution in [3.05, 3.63) is 0 Å². The van der Waals surface area contributed by atoms with Gasteiger partial charge in [0.2, 0.25) is 0 Å². The summed E-state index contributed by atoms with van der Waals surface area (Å²) in [4.78, 5) is 7.93. The third-order valence-electron chi connectivity index (χ3n) is 6.49. The minimum Gasteiger partial charge on any atom is -0.306 e. The molecule has 3 rings (SSSR count). The minimum atomic E-state index is 0.537. The zero-order valence-electron chi connectivity index (χ0n) is 14.3. The molecule has 0 aromatic rings. The van der Waals surface area contributed by atoms with Crippen molar-refractivity contribution in [2.75, 3.05) is 53.4 Å². The molecular weight excluding hydrogens is 258 g/mol. The third kappa shape index (κ3) is 3.80. The van der Waals surface area contributed by atoms with Crippen molar-refractivity contribution in [2.45, 2.75) is 56.9 Å². The second-order valence-electron chi connectivity index (χ2n) is 8.03. The van der Waals surface area contributed by atoms with Crippen LogP contribution in [0.5, 0.6) is 0 Å². The first-order chi connectivity index (χ1) is 10.2. The maximum atomic E-state index is 2.90. The molecular formula is C18H35N3. The lowest BCUT2D eigenvalue weighted by Gasteiger charge is -2.52. The summed E-state index contributed by atoms with van der Waals surface area (Å²) in [7, 11) is 4.58. The van der Waals surface area contributed by atoms with Gasteiger partial charge >= 0.3 is 0 Å². The standard InChI is InChI=1S/C18H35N3/c1-19-10-8-18(9-11-19,16-17-6-4-3-5-7-17)21-14-12-20(2)13-15-21/h17H,3-16H2,1-2H3. The molecule has 2 heterocycles. The van der Waals surface area contributed by atoms with Gasteiger partial charge in [-0.05, 0) is 52.4 Å². The first-order valence-electron chi connectivity index (χ1n) is 9.30. The average molecular weight is 293 g/mol. The second kappa shape index (κ2) is 6.97. The van der Waals surface area contributed by atoms with Crippen LogP contribution in [0.25, 0.3) is 0 Å². The van der Waals surface area contributed by atoms with Gasteiger partial charge in [-0.1, -0.05) is 32.1 Å². The van der Waals surface area contributed by atoms with E-state index in [4.69, 9.17) is 0 Å². The van der Waals surface area contributed by atoms with E-state index in [9.17, 15) is 0 Å². The van der Waals surface area contributed by atoms with Gasteiger partial charge in [0.25, 0.3) is 0 Å². The van der Waals surface area contributed by atoms with Gasteiger partial charge < -0.3 is 9.80 Å². The van der Waals surface area contributed by atoms with E-state index in [1.807, 2.05) is 0 Å². The van der Waals surface area contributed by atoms with Crippen molar-refractivity contribution < 1.29 is 0 Å². The van der Waals surface area contributed by atoms with Crippen molar-refractivity contribution >= 4 is 0 Å². The summed E-state index contributed by atoms with van der Waals surface area (Å²) in [5.41, 5.74) is 0.537. The van der Waals surface area contributed by atoms with Crippen LogP contribution in [0.3, 0.4) is 0 Å². The Morgan fingerprint density at radius 2 is 1.33 bits per heavy atom. The topological polar surface area (TPSA) is 9.72 Å². The Labute approximate surface area is 131 Å². The van der Waals surface area contributed by atoms with Crippen molar-refractivity contribution in [3.63, 3.8) is 0 Å². The molecule has 0 spiro atoms. The fourth-order valence-corrected chi connectivity index (χ4v) is 4.89. The highest BCUT2D eigenvalue weighted by Gasteiger charge is 2.41. The van der Waals surface area contributed by atoms with Crippen LogP contribution in [0.1, 0.15) is 51.4 Å². The van der Waals surface area contributed by atoms with Crippen molar-refractivity contribution in [3.8, 4) is 0 Å². The van der Waals surface area contributed by atoms with E-state index in [-0.39, 0.29) is 0 Å². The number of likely N-dealkylation sites (N-methyl/N-ethyl adjacent to an activating group) is 1. The lowest BCUT2D eigenvalue weighted by molar-refractivity contribution is -0.0201. The number of hydrogen-bond donors (Lipinski definition) is 0. The maximum Gasteiger partial charge on any atom is 0.0237 e. The molecule has 0 amide bonds. The van der Waals surface area contributed by atoms with E-state index in [2.05, 4.69) is 28.8 Å². The zero-order valence-corrected chi connectivity index (χ0v) is 14.3. The van der Waals surface area contributed by atoms with E-state index >= 15 is 0 Å². The van der Waals surface area contributed by atoms with E-state index in [1.165, 1.54) is 90.6 Å². The van der Waals surface area contributed by atoms with Crippen LogP contribution < -0.4 is 0 Å². The van der Waals surface area contributed by atoms with Crippen LogP contribution in [0.4, 0.5) is 0 Å². The molecule has 0 N–H and O–H groups in total. The van der Waals surface area contributed by atoms with Gasteiger partial charge in [-0.15, -0.1) is 0 Å². The molecule has 3 aliphatic rings. The molecule has 3 nitrogen and oxygen atoms in total. The summed E-state index contributed by atoms with van der Waals surface area (Å²) in [6, 6.07) is 0. The Hall–Kier alpha value is -0.120. The maximum absolute atomic E-state index is 2.90. The molecule has 3 heteroatoms. The molecule has 3 fully saturated rings. The van der Waals surface area contributed by atoms with E-state index in [1.54, 1.807) is 0 Å². The third-order valence-corrected chi connectivity index (χ3v) is 6.49. The molecule has 0 aromatic carbocycles. The van der Waals surface area contributed by atoms with Gasteiger partial charge in [-0.25, -0.2) is 0 Å². The van der Waals surface area contributed by atoms with Crippen molar-refractivity contribution in [2.24, 2.45) is 5.92 Å². The first-order valence-corrected chi connectivity index (χ1v) is 9.30. The molecule has 0 atom stereocenters. The van der Waals surface area contributed by atoms with Gasteiger partial charge in [0, 0.05) is 31.7 Å². The molecule has 122 valence electrons. The largest absolute Gasteiger partial charge is 0.306 e. The van der Waals surface area contributed by atoms with Gasteiger partial charge in [0.05, 0.1) is 0 Å². The predicted octanol–water partition coefficient (Wildman–Crippen LogP) is 2.67. The number of hydrogen-bond acceptors (Lipinski definition) is 3. The summed E-state index contributed by atoms with van der Waals surface area (Å²) >= 11 is 0. The molecule has 0 aromatic heterocycles. The fraction of sp³-hybridized carbons (Fsp3) is 1.00. The first kappa shape index (κ1) is 15.8. The Morgan fingerprint density at radius 3 is 1.95 bits per heavy atom. The molecule has 1 saturated carbocycles. The van der Waals surface area contributed by atoms with Crippen LogP contribution in [0, 0.1) is 5.92 Å². The number of likely N-dealkylation sites (tertiary alicyclic amines) is 1. The Balaban J connectivity index is 1.68. The van der Waals surface area contributed by atoms with E-state index in [0.717, 1.165) is 5.92 Å². The van der Waals surface area contributed by atoms with Crippen LogP contribution in [0.15, 0.2) is 0 Å². The average Bonchev–Trinajstić information content (AvgIpc) is 2.52. The number of piperazine rings is 1. The summed E-state index contributed by atoms with van der Waals surface area (Å²) in [6.45, 7) is 7.74. The van der Waals surface area contributed by atoms with E-state index < -0.39 is 0 Å². The highest BCUT2D eigenvalue weighted by molar-refractivity contribution is 4.98. The molecule has 0 bridgehead atoms. The normalized spacial score (nSPS) is 30.6. The van der Waals surface area contributed by atoms with Gasteiger partial charge in [-0.3, -0.25) is 4.90 Å². The van der Waals surface area contributed by atoms with Crippen LogP contribution in [-0.4, -0.2) is 73.6 Å². The number of nitrogens with zero attached hydrogens (tertiary/aromatic N) is 3. The number of piperidine rings is 1. The SMILES string of the molecule is CN1CCN(C2(CC3CCCCC3)CCN(C)CC2)CC1. The lowest BCUT2D eigenvalue weighted by atomic mass is 9.73. The second-order valence-corrected chi connectivity index (χ2v) is 8.03. The highest BCUT2D eigenvalue weighted by atomic mass is 15.3. The van der Waals surface area contributed by atoms with E-state index in [0.29, 0.717) is 5.54 Å². The Kier molecular flexibility index (Phi) is 5.23. The van der Waals surface area contributed by atoms with Gasteiger partial charge in [0.1, 0.15) is 0 Å².